The molecule has 0 saturated carbocycles. The Morgan fingerprint density at radius 3 is 2.48 bits per heavy atom. The Kier molecular flexibility index (Phi) is 5.80. The highest BCUT2D eigenvalue weighted by Gasteiger charge is 2.41. The first-order chi connectivity index (χ1) is 13.3. The maximum atomic E-state index is 14.1. The summed E-state index contributed by atoms with van der Waals surface area (Å²) in [5.74, 6) is -0.586. The molecule has 29 heavy (non-hydrogen) atoms. The van der Waals surface area contributed by atoms with Crippen molar-refractivity contribution in [3.63, 3.8) is 0 Å². The average Bonchev–Trinajstić information content (AvgIpc) is 3.21. The molecule has 5 nitrogen and oxygen atoms in total. The second-order valence-corrected chi connectivity index (χ2v) is 10.2. The van der Waals surface area contributed by atoms with Crippen molar-refractivity contribution in [2.75, 3.05) is 0 Å². The van der Waals surface area contributed by atoms with Crippen LogP contribution >= 0.6 is 11.6 Å². The van der Waals surface area contributed by atoms with Gasteiger partial charge in [-0.25, -0.2) is 4.39 Å². The Bertz CT molecular complexity index is 897. The zero-order valence-electron chi connectivity index (χ0n) is 17.9. The van der Waals surface area contributed by atoms with E-state index in [0.29, 0.717) is 6.42 Å². The normalized spacial score (nSPS) is 22.7. The molecule has 2 aromatic rings. The highest BCUT2D eigenvalue weighted by atomic mass is 35.5. The van der Waals surface area contributed by atoms with Gasteiger partial charge >= 0.3 is 0 Å². The van der Waals surface area contributed by atoms with Gasteiger partial charge in [0, 0.05) is 23.7 Å². The van der Waals surface area contributed by atoms with Crippen LogP contribution in [0.2, 0.25) is 5.02 Å². The molecule has 0 bridgehead atoms. The molecule has 1 fully saturated rings. The van der Waals surface area contributed by atoms with E-state index in [1.54, 1.807) is 12.1 Å². The van der Waals surface area contributed by atoms with Crippen LogP contribution < -0.4 is 10.6 Å². The van der Waals surface area contributed by atoms with E-state index in [1.165, 1.54) is 6.07 Å². The van der Waals surface area contributed by atoms with Crippen LogP contribution in [0.1, 0.15) is 71.2 Å². The van der Waals surface area contributed by atoms with Crippen LogP contribution in [-0.2, 0) is 10.3 Å². The molecule has 1 aromatic carbocycles. The molecule has 1 saturated heterocycles. The van der Waals surface area contributed by atoms with E-state index in [9.17, 15) is 9.18 Å². The second-order valence-electron chi connectivity index (χ2n) is 9.81. The van der Waals surface area contributed by atoms with Crippen LogP contribution in [0.15, 0.2) is 30.5 Å². The van der Waals surface area contributed by atoms with Crippen LogP contribution in [0, 0.1) is 5.82 Å². The molecule has 158 valence electrons. The zero-order valence-corrected chi connectivity index (χ0v) is 18.6. The van der Waals surface area contributed by atoms with Crippen LogP contribution in [-0.4, -0.2) is 27.3 Å². The smallest absolute Gasteiger partial charge is 0.237 e. The molecular weight excluding hydrogens is 391 g/mol. The van der Waals surface area contributed by atoms with Gasteiger partial charge in [0.15, 0.2) is 0 Å². The van der Waals surface area contributed by atoms with Crippen molar-refractivity contribution < 1.29 is 9.18 Å². The van der Waals surface area contributed by atoms with Crippen LogP contribution in [0.4, 0.5) is 4.39 Å². The topological polar surface area (TPSA) is 59.0 Å². The molecule has 2 heterocycles. The van der Waals surface area contributed by atoms with E-state index < -0.39 is 5.82 Å². The first-order valence-corrected chi connectivity index (χ1v) is 10.3. The van der Waals surface area contributed by atoms with Crippen molar-refractivity contribution >= 4 is 17.5 Å². The highest BCUT2D eigenvalue weighted by Crippen LogP contribution is 2.40. The number of hydrogen-bond acceptors (Lipinski definition) is 3. The van der Waals surface area contributed by atoms with Gasteiger partial charge in [-0.1, -0.05) is 17.7 Å². The Labute approximate surface area is 177 Å². The quantitative estimate of drug-likeness (QED) is 0.766. The largest absolute Gasteiger partial charge is 0.350 e. The van der Waals surface area contributed by atoms with Crippen molar-refractivity contribution in [1.29, 1.82) is 0 Å². The molecule has 1 amide bonds. The monoisotopic (exact) mass is 420 g/mol. The number of aromatic nitrogens is 2. The van der Waals surface area contributed by atoms with Crippen LogP contribution in [0.5, 0.6) is 0 Å². The summed E-state index contributed by atoms with van der Waals surface area (Å²) in [6.07, 6.45) is 2.54. The molecule has 1 aliphatic heterocycles. The zero-order chi connectivity index (χ0) is 21.6. The molecule has 0 aliphatic carbocycles. The summed E-state index contributed by atoms with van der Waals surface area (Å²) in [7, 11) is 0. The van der Waals surface area contributed by atoms with Crippen molar-refractivity contribution in [3.05, 3.63) is 52.6 Å². The third kappa shape index (κ3) is 4.98. The van der Waals surface area contributed by atoms with E-state index >= 15 is 0 Å². The lowest BCUT2D eigenvalue weighted by atomic mass is 9.90. The molecule has 0 radical (unpaired) electrons. The number of benzene rings is 1. The average molecular weight is 421 g/mol. The van der Waals surface area contributed by atoms with E-state index in [0.717, 1.165) is 11.3 Å². The first kappa shape index (κ1) is 21.8. The fourth-order valence-electron chi connectivity index (χ4n) is 3.67. The molecule has 3 atom stereocenters. The lowest BCUT2D eigenvalue weighted by Crippen LogP contribution is -2.48. The molecule has 7 heteroatoms. The summed E-state index contributed by atoms with van der Waals surface area (Å²) in [5, 5.41) is 11.3. The van der Waals surface area contributed by atoms with Crippen molar-refractivity contribution in [3.8, 4) is 0 Å². The minimum absolute atomic E-state index is 0.0603. The Morgan fingerprint density at radius 2 is 1.93 bits per heavy atom. The van der Waals surface area contributed by atoms with Gasteiger partial charge in [-0.2, -0.15) is 5.10 Å². The Hall–Kier alpha value is -1.92. The minimum atomic E-state index is -0.465. The summed E-state index contributed by atoms with van der Waals surface area (Å²) in [4.78, 5) is 12.8. The van der Waals surface area contributed by atoms with Crippen molar-refractivity contribution in [2.45, 2.75) is 77.0 Å². The predicted molar refractivity (Wildman–Crippen MR) is 114 cm³/mol. The number of rotatable bonds is 3. The molecule has 1 aromatic heterocycles. The number of nitrogens with zero attached hydrogens (tertiary/aromatic N) is 2. The second kappa shape index (κ2) is 7.73. The van der Waals surface area contributed by atoms with Crippen LogP contribution in [0.3, 0.4) is 0 Å². The molecule has 1 aliphatic rings. The van der Waals surface area contributed by atoms with Crippen molar-refractivity contribution in [2.24, 2.45) is 0 Å². The third-order valence-electron chi connectivity index (χ3n) is 5.07. The maximum Gasteiger partial charge on any atom is 0.237 e. The number of carbonyl (C=O) groups is 1. The first-order valence-electron chi connectivity index (χ1n) is 9.94. The van der Waals surface area contributed by atoms with E-state index in [4.69, 9.17) is 16.7 Å². The summed E-state index contributed by atoms with van der Waals surface area (Å²) in [5.41, 5.74) is 1.17. The van der Waals surface area contributed by atoms with Gasteiger partial charge in [0.2, 0.25) is 5.91 Å². The van der Waals surface area contributed by atoms with Gasteiger partial charge in [0.1, 0.15) is 5.82 Å². The highest BCUT2D eigenvalue weighted by molar-refractivity contribution is 6.30. The fourth-order valence-corrected chi connectivity index (χ4v) is 3.78. The molecular formula is C22H30ClFN4O. The summed E-state index contributed by atoms with van der Waals surface area (Å²) in [6, 6.07) is 6.17. The summed E-state index contributed by atoms with van der Waals surface area (Å²) >= 11 is 5.87. The maximum absolute atomic E-state index is 14.1. The van der Waals surface area contributed by atoms with Gasteiger partial charge in [0.05, 0.1) is 22.3 Å². The van der Waals surface area contributed by atoms with Gasteiger partial charge in [-0.3, -0.25) is 14.8 Å². The van der Waals surface area contributed by atoms with E-state index in [-0.39, 0.29) is 40.0 Å². The van der Waals surface area contributed by atoms with Gasteiger partial charge < -0.3 is 5.32 Å². The number of carbonyl (C=O) groups excluding carboxylic acids is 1. The third-order valence-corrected chi connectivity index (χ3v) is 5.37. The lowest BCUT2D eigenvalue weighted by Gasteiger charge is -2.23. The van der Waals surface area contributed by atoms with E-state index in [1.807, 2.05) is 37.7 Å². The molecule has 3 rings (SSSR count). The summed E-state index contributed by atoms with van der Waals surface area (Å²) in [6.45, 7) is 12.1. The molecule has 2 N–H and O–H groups in total. The Morgan fingerprint density at radius 1 is 1.24 bits per heavy atom. The lowest BCUT2D eigenvalue weighted by molar-refractivity contribution is -0.124. The molecule has 0 spiro atoms. The van der Waals surface area contributed by atoms with Gasteiger partial charge in [0.25, 0.3) is 0 Å². The number of hydrogen-bond donors (Lipinski definition) is 2. The van der Waals surface area contributed by atoms with Crippen LogP contribution in [0.25, 0.3) is 0 Å². The summed E-state index contributed by atoms with van der Waals surface area (Å²) < 4.78 is 16.1. The molecule has 1 unspecified atom stereocenters. The van der Waals surface area contributed by atoms with Gasteiger partial charge in [-0.15, -0.1) is 0 Å². The number of nitrogens with one attached hydrogen (secondary N) is 2. The van der Waals surface area contributed by atoms with Gasteiger partial charge in [-0.05, 0) is 71.7 Å². The SMILES string of the molecule is CC(C)(C)NC(=O)[C@@H]1CC(c2ccn(C(C)(C)C)n2)[C@H](c2ccc(Cl)c(F)c2)N1. The predicted octanol–water partition coefficient (Wildman–Crippen LogP) is 4.53. The fraction of sp³-hybridized carbons (Fsp3) is 0.545. The number of amides is 1. The Balaban J connectivity index is 1.94. The standard InChI is InChI=1S/C22H30ClFN4O/c1-21(2,3)26-20(29)18-12-14(17-9-10-28(27-17)22(4,5)6)19(25-18)13-7-8-15(23)16(24)11-13/h7-11,14,18-19,25H,12H2,1-6H3,(H,26,29)/t14?,18-,19-/m0/s1. The minimum Gasteiger partial charge on any atom is -0.350 e. The number of halogens is 2. The van der Waals surface area contributed by atoms with Crippen molar-refractivity contribution in [1.82, 2.24) is 20.4 Å². The van der Waals surface area contributed by atoms with E-state index in [2.05, 4.69) is 31.4 Å².